The van der Waals surface area contributed by atoms with Crippen LogP contribution in [0.3, 0.4) is 0 Å². The predicted molar refractivity (Wildman–Crippen MR) is 70.9 cm³/mol. The summed E-state index contributed by atoms with van der Waals surface area (Å²) in [7, 11) is 0. The van der Waals surface area contributed by atoms with Crippen molar-refractivity contribution in [3.8, 4) is 0 Å². The van der Waals surface area contributed by atoms with Crippen molar-refractivity contribution in [3.63, 3.8) is 0 Å². The lowest BCUT2D eigenvalue weighted by Crippen LogP contribution is -2.02. The van der Waals surface area contributed by atoms with Crippen molar-refractivity contribution in [2.45, 2.75) is 19.3 Å². The van der Waals surface area contributed by atoms with Gasteiger partial charge in [0.25, 0.3) is 0 Å². The highest BCUT2D eigenvalue weighted by molar-refractivity contribution is 9.10. The molecule has 0 amide bonds. The molecule has 0 N–H and O–H groups in total. The molecule has 0 unspecified atom stereocenters. The van der Waals surface area contributed by atoms with E-state index in [1.165, 1.54) is 0 Å². The van der Waals surface area contributed by atoms with Crippen molar-refractivity contribution in [1.29, 1.82) is 0 Å². The summed E-state index contributed by atoms with van der Waals surface area (Å²) in [5.41, 5.74) is 2.26. The highest BCUT2D eigenvalue weighted by Gasteiger charge is 2.13. The molecule has 2 aromatic heterocycles. The van der Waals surface area contributed by atoms with Gasteiger partial charge < -0.3 is 4.40 Å². The first-order chi connectivity index (χ1) is 8.74. The van der Waals surface area contributed by atoms with Gasteiger partial charge in [-0.3, -0.25) is 0 Å². The monoisotopic (exact) mass is 307 g/mol. The molecule has 0 atom stereocenters. The standard InChI is InChI=1S/C13H11BrFN3/c14-12-8-18-6-5-16-13(18)11(17-12)7-9-3-1-2-4-10(9)15/h3-6,8H,1-2,7H2. The third-order valence-electron chi connectivity index (χ3n) is 2.96. The molecule has 1 aliphatic carbocycles. The van der Waals surface area contributed by atoms with Crippen LogP contribution in [0.5, 0.6) is 0 Å². The number of nitrogens with zero attached hydrogens (tertiary/aromatic N) is 3. The Morgan fingerprint density at radius 1 is 1.33 bits per heavy atom. The molecule has 0 aliphatic heterocycles. The van der Waals surface area contributed by atoms with Crippen LogP contribution in [0.1, 0.15) is 18.5 Å². The van der Waals surface area contributed by atoms with E-state index in [4.69, 9.17) is 0 Å². The maximum atomic E-state index is 13.7. The van der Waals surface area contributed by atoms with Gasteiger partial charge in [-0.05, 0) is 40.4 Å². The topological polar surface area (TPSA) is 30.2 Å². The summed E-state index contributed by atoms with van der Waals surface area (Å²) < 4.78 is 16.3. The number of hydrogen-bond acceptors (Lipinski definition) is 2. The second-order valence-corrected chi connectivity index (χ2v) is 5.02. The Morgan fingerprint density at radius 2 is 2.17 bits per heavy atom. The summed E-state index contributed by atoms with van der Waals surface area (Å²) in [5.74, 6) is -0.132. The third-order valence-corrected chi connectivity index (χ3v) is 3.34. The molecule has 0 aromatic carbocycles. The Kier molecular flexibility index (Phi) is 2.99. The zero-order chi connectivity index (χ0) is 12.5. The minimum absolute atomic E-state index is 0.132. The zero-order valence-electron chi connectivity index (χ0n) is 9.61. The summed E-state index contributed by atoms with van der Waals surface area (Å²) in [6.45, 7) is 0. The Morgan fingerprint density at radius 3 is 3.00 bits per heavy atom. The van der Waals surface area contributed by atoms with Gasteiger partial charge in [0.1, 0.15) is 10.4 Å². The Balaban J connectivity index is 2.02. The molecule has 3 nitrogen and oxygen atoms in total. The van der Waals surface area contributed by atoms with Crippen molar-refractivity contribution in [2.24, 2.45) is 0 Å². The molecule has 0 saturated carbocycles. The van der Waals surface area contributed by atoms with Crippen LogP contribution >= 0.6 is 15.9 Å². The Labute approximate surface area is 112 Å². The first-order valence-corrected chi connectivity index (χ1v) is 6.56. The maximum Gasteiger partial charge on any atom is 0.158 e. The average molecular weight is 308 g/mol. The van der Waals surface area contributed by atoms with Gasteiger partial charge in [-0.2, -0.15) is 0 Å². The van der Waals surface area contributed by atoms with Gasteiger partial charge >= 0.3 is 0 Å². The van der Waals surface area contributed by atoms with E-state index in [-0.39, 0.29) is 5.83 Å². The van der Waals surface area contributed by atoms with E-state index < -0.39 is 0 Å². The Hall–Kier alpha value is -1.49. The average Bonchev–Trinajstić information content (AvgIpc) is 2.80. The second-order valence-electron chi connectivity index (χ2n) is 4.20. The molecule has 3 rings (SSSR count). The van der Waals surface area contributed by atoms with Gasteiger partial charge in [0.05, 0.1) is 5.69 Å². The lowest BCUT2D eigenvalue weighted by atomic mass is 10.0. The van der Waals surface area contributed by atoms with Gasteiger partial charge in [0.2, 0.25) is 0 Å². The Bertz CT molecular complexity index is 657. The second kappa shape index (κ2) is 4.65. The quantitative estimate of drug-likeness (QED) is 0.848. The molecule has 2 heterocycles. The summed E-state index contributed by atoms with van der Waals surface area (Å²) in [6, 6.07) is 0. The smallest absolute Gasteiger partial charge is 0.158 e. The van der Waals surface area contributed by atoms with Crippen LogP contribution in [0, 0.1) is 0 Å². The fraction of sp³-hybridized carbons (Fsp3) is 0.231. The van der Waals surface area contributed by atoms with E-state index in [1.54, 1.807) is 12.3 Å². The summed E-state index contributed by atoms with van der Waals surface area (Å²) in [5, 5.41) is 0. The van der Waals surface area contributed by atoms with Crippen molar-refractivity contribution in [3.05, 3.63) is 52.4 Å². The number of imidazole rings is 1. The largest absolute Gasteiger partial charge is 0.303 e. The summed E-state index contributed by atoms with van der Waals surface area (Å²) in [4.78, 5) is 8.66. The van der Waals surface area contributed by atoms with Gasteiger partial charge in [-0.25, -0.2) is 14.4 Å². The number of hydrogen-bond donors (Lipinski definition) is 0. The number of aromatic nitrogens is 3. The lowest BCUT2D eigenvalue weighted by molar-refractivity contribution is 0.627. The van der Waals surface area contributed by atoms with Crippen LogP contribution in [0.25, 0.3) is 5.65 Å². The van der Waals surface area contributed by atoms with E-state index in [0.717, 1.165) is 28.8 Å². The highest BCUT2D eigenvalue weighted by Crippen LogP contribution is 2.24. The lowest BCUT2D eigenvalue weighted by Gasteiger charge is -2.10. The van der Waals surface area contributed by atoms with Crippen molar-refractivity contribution in [1.82, 2.24) is 14.4 Å². The SMILES string of the molecule is FC1=CCCC=C1Cc1nc(Br)cn2ccnc12. The van der Waals surface area contributed by atoms with Crippen LogP contribution < -0.4 is 0 Å². The molecule has 5 heteroatoms. The van der Waals surface area contributed by atoms with Crippen LogP contribution in [0.2, 0.25) is 0 Å². The van der Waals surface area contributed by atoms with Crippen molar-refractivity contribution in [2.75, 3.05) is 0 Å². The van der Waals surface area contributed by atoms with Crippen LogP contribution in [0.15, 0.2) is 46.7 Å². The molecule has 0 saturated heterocycles. The summed E-state index contributed by atoms with van der Waals surface area (Å²) in [6.07, 6.45) is 11.1. The van der Waals surface area contributed by atoms with Gasteiger partial charge in [-0.1, -0.05) is 6.08 Å². The molecular weight excluding hydrogens is 297 g/mol. The van der Waals surface area contributed by atoms with Crippen molar-refractivity contribution < 1.29 is 4.39 Å². The summed E-state index contributed by atoms with van der Waals surface area (Å²) >= 11 is 3.36. The van der Waals surface area contributed by atoms with E-state index in [2.05, 4.69) is 25.9 Å². The maximum absolute atomic E-state index is 13.7. The highest BCUT2D eigenvalue weighted by atomic mass is 79.9. The van der Waals surface area contributed by atoms with E-state index in [1.807, 2.05) is 22.9 Å². The molecule has 1 aliphatic rings. The number of halogens is 2. The van der Waals surface area contributed by atoms with Crippen LogP contribution in [0.4, 0.5) is 4.39 Å². The first kappa shape index (κ1) is 11.6. The molecule has 92 valence electrons. The van der Waals surface area contributed by atoms with E-state index in [0.29, 0.717) is 12.0 Å². The zero-order valence-corrected chi connectivity index (χ0v) is 11.2. The van der Waals surface area contributed by atoms with Gasteiger partial charge in [0.15, 0.2) is 5.65 Å². The molecule has 0 radical (unpaired) electrons. The van der Waals surface area contributed by atoms with E-state index in [9.17, 15) is 4.39 Å². The third kappa shape index (κ3) is 2.10. The van der Waals surface area contributed by atoms with Crippen LogP contribution in [-0.2, 0) is 6.42 Å². The minimum Gasteiger partial charge on any atom is -0.303 e. The fourth-order valence-corrected chi connectivity index (χ4v) is 2.55. The van der Waals surface area contributed by atoms with Gasteiger partial charge in [-0.15, -0.1) is 0 Å². The molecule has 2 aromatic rings. The first-order valence-electron chi connectivity index (χ1n) is 5.77. The van der Waals surface area contributed by atoms with Crippen molar-refractivity contribution >= 4 is 21.6 Å². The van der Waals surface area contributed by atoms with E-state index >= 15 is 0 Å². The molecule has 18 heavy (non-hydrogen) atoms. The molecule has 0 spiro atoms. The number of allylic oxidation sites excluding steroid dienone is 4. The predicted octanol–water partition coefficient (Wildman–Crippen LogP) is 3.61. The fourth-order valence-electron chi connectivity index (χ4n) is 2.12. The molecular formula is C13H11BrFN3. The normalized spacial score (nSPS) is 15.7. The number of rotatable bonds is 2. The van der Waals surface area contributed by atoms with Gasteiger partial charge in [0, 0.05) is 25.0 Å². The minimum atomic E-state index is -0.132. The van der Waals surface area contributed by atoms with Crippen LogP contribution in [-0.4, -0.2) is 14.4 Å². The molecule has 0 fully saturated rings. The number of fused-ring (bicyclic) bond motifs is 1. The molecule has 0 bridgehead atoms.